The molecule has 3 nitrogen and oxygen atoms in total. The molecule has 25 heavy (non-hydrogen) atoms. The fraction of sp³-hybridized carbons (Fsp3) is 0.400. The number of methoxy groups -OCH3 is 1. The van der Waals surface area contributed by atoms with E-state index in [4.69, 9.17) is 10.5 Å². The van der Waals surface area contributed by atoms with Crippen LogP contribution in [0.4, 0.5) is 15.8 Å². The van der Waals surface area contributed by atoms with E-state index < -0.39 is 5.82 Å². The van der Waals surface area contributed by atoms with Gasteiger partial charge in [0.15, 0.2) is 0 Å². The first kappa shape index (κ1) is 21.3. The highest BCUT2D eigenvalue weighted by Gasteiger charge is 2.14. The second kappa shape index (κ2) is 10.3. The molecule has 0 aromatic heterocycles. The molecule has 0 saturated carbocycles. The highest BCUT2D eigenvalue weighted by molar-refractivity contribution is 9.10. The maximum absolute atomic E-state index is 13.3. The molecule has 0 atom stereocenters. The highest BCUT2D eigenvalue weighted by Crippen LogP contribution is 2.38. The molecule has 2 aromatic carbocycles. The molecule has 0 heterocycles. The molecule has 138 valence electrons. The molecule has 0 fully saturated rings. The van der Waals surface area contributed by atoms with E-state index in [1.165, 1.54) is 24.3 Å². The first-order chi connectivity index (χ1) is 11.8. The average molecular weight is 411 g/mol. The zero-order chi connectivity index (χ0) is 19.0. The Kier molecular flexibility index (Phi) is 8.76. The third kappa shape index (κ3) is 6.24. The van der Waals surface area contributed by atoms with Crippen LogP contribution in [0.25, 0.3) is 0 Å². The lowest BCUT2D eigenvalue weighted by Crippen LogP contribution is -2.06. The molecule has 0 radical (unpaired) electrons. The van der Waals surface area contributed by atoms with E-state index in [1.54, 1.807) is 0 Å². The van der Waals surface area contributed by atoms with E-state index in [-0.39, 0.29) is 4.47 Å². The Morgan fingerprint density at radius 3 is 2.32 bits per heavy atom. The number of nitrogens with two attached hydrogens (primary N) is 1. The molecule has 0 aliphatic rings. The minimum atomic E-state index is -0.425. The monoisotopic (exact) mass is 410 g/mol. The summed E-state index contributed by atoms with van der Waals surface area (Å²) in [4.78, 5) is 0. The van der Waals surface area contributed by atoms with Gasteiger partial charge in [-0.3, -0.25) is 0 Å². The first-order valence-corrected chi connectivity index (χ1v) is 9.22. The van der Waals surface area contributed by atoms with Crippen LogP contribution in [-0.2, 0) is 0 Å². The van der Waals surface area contributed by atoms with Crippen LogP contribution in [0.5, 0.6) is 5.75 Å². The largest absolute Gasteiger partial charge is 0.494 e. The predicted molar refractivity (Wildman–Crippen MR) is 109 cm³/mol. The molecule has 0 unspecified atom stereocenters. The maximum Gasteiger partial charge on any atom is 0.147 e. The standard InChI is InChI=1S/C10H14BrFN2O.C10H14/c1-3-4-14-10-7(15-2)5-6(12)8(11)9(10)13;1-8(2)10-6-4-9(3)5-7-10/h5,14H,3-4,13H2,1-2H3;4-8H,1-3H3. The number of anilines is 2. The summed E-state index contributed by atoms with van der Waals surface area (Å²) in [6.07, 6.45) is 0.956. The number of nitrogens with one attached hydrogen (secondary N) is 1. The summed E-state index contributed by atoms with van der Waals surface area (Å²) in [7, 11) is 1.49. The summed E-state index contributed by atoms with van der Waals surface area (Å²) < 4.78 is 18.6. The van der Waals surface area contributed by atoms with Crippen molar-refractivity contribution >= 4 is 27.3 Å². The number of ether oxygens (including phenoxy) is 1. The van der Waals surface area contributed by atoms with Crippen molar-refractivity contribution < 1.29 is 9.13 Å². The fourth-order valence-corrected chi connectivity index (χ4v) is 2.48. The van der Waals surface area contributed by atoms with Crippen molar-refractivity contribution in [2.45, 2.75) is 40.0 Å². The van der Waals surface area contributed by atoms with Gasteiger partial charge in [-0.25, -0.2) is 4.39 Å². The molecule has 0 spiro atoms. The van der Waals surface area contributed by atoms with E-state index in [0.717, 1.165) is 13.0 Å². The van der Waals surface area contributed by atoms with Crippen LogP contribution in [-0.4, -0.2) is 13.7 Å². The molecule has 0 aliphatic carbocycles. The second-order valence-corrected chi connectivity index (χ2v) is 6.95. The molecular formula is C20H28BrFN2O. The Labute approximate surface area is 158 Å². The van der Waals surface area contributed by atoms with Crippen LogP contribution >= 0.6 is 15.9 Å². The van der Waals surface area contributed by atoms with Crippen molar-refractivity contribution in [3.05, 3.63) is 51.7 Å². The van der Waals surface area contributed by atoms with Gasteiger partial charge in [0.25, 0.3) is 0 Å². The summed E-state index contributed by atoms with van der Waals surface area (Å²) in [6, 6.07) is 10.0. The van der Waals surface area contributed by atoms with Crippen molar-refractivity contribution in [3.63, 3.8) is 0 Å². The summed E-state index contributed by atoms with van der Waals surface area (Å²) in [6.45, 7) is 9.34. The lowest BCUT2D eigenvalue weighted by atomic mass is 10.0. The van der Waals surface area contributed by atoms with E-state index >= 15 is 0 Å². The Bertz CT molecular complexity index is 672. The highest BCUT2D eigenvalue weighted by atomic mass is 79.9. The van der Waals surface area contributed by atoms with Gasteiger partial charge in [-0.15, -0.1) is 0 Å². The average Bonchev–Trinajstić information content (AvgIpc) is 2.59. The lowest BCUT2D eigenvalue weighted by Gasteiger charge is -2.14. The van der Waals surface area contributed by atoms with Crippen molar-refractivity contribution in [3.8, 4) is 5.75 Å². The quantitative estimate of drug-likeness (QED) is 0.583. The van der Waals surface area contributed by atoms with Gasteiger partial charge >= 0.3 is 0 Å². The van der Waals surface area contributed by atoms with Gasteiger partial charge in [-0.1, -0.05) is 50.6 Å². The third-order valence-electron chi connectivity index (χ3n) is 3.74. The van der Waals surface area contributed by atoms with Gasteiger partial charge in [-0.05, 0) is 40.8 Å². The third-order valence-corrected chi connectivity index (χ3v) is 4.54. The Morgan fingerprint density at radius 2 is 1.84 bits per heavy atom. The molecule has 0 bridgehead atoms. The lowest BCUT2D eigenvalue weighted by molar-refractivity contribution is 0.413. The molecule has 0 amide bonds. The van der Waals surface area contributed by atoms with Gasteiger partial charge in [-0.2, -0.15) is 0 Å². The SMILES string of the molecule is CCCNc1c(OC)cc(F)c(Br)c1N.Cc1ccc(C(C)C)cc1. The normalized spacial score (nSPS) is 10.2. The van der Waals surface area contributed by atoms with Crippen LogP contribution < -0.4 is 15.8 Å². The fourth-order valence-electron chi connectivity index (χ4n) is 2.17. The summed E-state index contributed by atoms with van der Waals surface area (Å²) in [5, 5.41) is 3.10. The molecule has 2 aromatic rings. The van der Waals surface area contributed by atoms with E-state index in [0.29, 0.717) is 23.0 Å². The van der Waals surface area contributed by atoms with Gasteiger partial charge < -0.3 is 15.8 Å². The topological polar surface area (TPSA) is 47.3 Å². The Balaban J connectivity index is 0.000000271. The molecule has 0 aliphatic heterocycles. The first-order valence-electron chi connectivity index (χ1n) is 8.43. The van der Waals surface area contributed by atoms with E-state index in [2.05, 4.69) is 66.3 Å². The molecule has 5 heteroatoms. The maximum atomic E-state index is 13.3. The summed E-state index contributed by atoms with van der Waals surface area (Å²) in [5.74, 6) is 0.647. The molecular weight excluding hydrogens is 383 g/mol. The zero-order valence-corrected chi connectivity index (χ0v) is 17.2. The smallest absolute Gasteiger partial charge is 0.147 e. The van der Waals surface area contributed by atoms with Crippen LogP contribution in [0.15, 0.2) is 34.8 Å². The number of halogens is 2. The number of benzene rings is 2. The van der Waals surface area contributed by atoms with Gasteiger partial charge in [0.05, 0.1) is 17.3 Å². The van der Waals surface area contributed by atoms with Crippen molar-refractivity contribution in [2.24, 2.45) is 0 Å². The second-order valence-electron chi connectivity index (χ2n) is 6.16. The van der Waals surface area contributed by atoms with Gasteiger partial charge in [0, 0.05) is 12.6 Å². The van der Waals surface area contributed by atoms with Gasteiger partial charge in [0.1, 0.15) is 17.3 Å². The number of nitrogen functional groups attached to an aromatic ring is 1. The van der Waals surface area contributed by atoms with Gasteiger partial charge in [0.2, 0.25) is 0 Å². The number of hydrogen-bond acceptors (Lipinski definition) is 3. The van der Waals surface area contributed by atoms with E-state index in [1.807, 2.05) is 6.92 Å². The Hall–Kier alpha value is -1.75. The molecule has 2 rings (SSSR count). The van der Waals surface area contributed by atoms with Crippen molar-refractivity contribution in [2.75, 3.05) is 24.7 Å². The van der Waals surface area contributed by atoms with E-state index in [9.17, 15) is 4.39 Å². The van der Waals surface area contributed by atoms with Crippen molar-refractivity contribution in [1.29, 1.82) is 0 Å². The molecule has 0 saturated heterocycles. The minimum Gasteiger partial charge on any atom is -0.494 e. The van der Waals surface area contributed by atoms with Crippen LogP contribution in [0.2, 0.25) is 0 Å². The van der Waals surface area contributed by atoms with Crippen LogP contribution in [0.3, 0.4) is 0 Å². The van der Waals surface area contributed by atoms with Crippen LogP contribution in [0.1, 0.15) is 44.2 Å². The predicted octanol–water partition coefficient (Wildman–Crippen LogP) is 6.12. The number of aryl methyl sites for hydroxylation is 1. The molecule has 3 N–H and O–H groups in total. The summed E-state index contributed by atoms with van der Waals surface area (Å²) in [5.41, 5.74) is 9.50. The number of rotatable bonds is 5. The zero-order valence-electron chi connectivity index (χ0n) is 15.6. The minimum absolute atomic E-state index is 0.266. The Morgan fingerprint density at radius 1 is 1.24 bits per heavy atom. The van der Waals surface area contributed by atoms with Crippen LogP contribution in [0, 0.1) is 12.7 Å². The van der Waals surface area contributed by atoms with Crippen molar-refractivity contribution in [1.82, 2.24) is 0 Å². The summed E-state index contributed by atoms with van der Waals surface area (Å²) >= 11 is 3.09. The number of hydrogen-bond donors (Lipinski definition) is 2.